The van der Waals surface area contributed by atoms with Crippen LogP contribution >= 0.6 is 0 Å². The topological polar surface area (TPSA) is 38.9 Å². The molecule has 0 atom stereocenters. The summed E-state index contributed by atoms with van der Waals surface area (Å²) < 4.78 is 6.48. The van der Waals surface area contributed by atoms with Crippen molar-refractivity contribution in [3.63, 3.8) is 0 Å². The van der Waals surface area contributed by atoms with Crippen molar-refractivity contribution in [3.8, 4) is 56.2 Å². The minimum absolute atomic E-state index is 0.509. The van der Waals surface area contributed by atoms with Gasteiger partial charge in [-0.1, -0.05) is 188 Å². The molecule has 0 radical (unpaired) electrons. The fourth-order valence-corrected chi connectivity index (χ4v) is 9.74. The van der Waals surface area contributed by atoms with Gasteiger partial charge in [0.1, 0.15) is 11.2 Å². The van der Waals surface area contributed by atoms with Crippen molar-refractivity contribution in [1.82, 2.24) is 9.97 Å². The third-order valence-corrected chi connectivity index (χ3v) is 12.4. The molecule has 0 amide bonds. The molecule has 2 aromatic heterocycles. The summed E-state index contributed by atoms with van der Waals surface area (Å²) in [6.07, 6.45) is 0. The van der Waals surface area contributed by atoms with Crippen LogP contribution in [0.3, 0.4) is 0 Å². The molecule has 280 valence electrons. The van der Waals surface area contributed by atoms with Crippen LogP contribution in [0.4, 0.5) is 0 Å². The van der Waals surface area contributed by atoms with E-state index in [-0.39, 0.29) is 0 Å². The molecule has 3 nitrogen and oxygen atoms in total. The van der Waals surface area contributed by atoms with Crippen LogP contribution in [0, 0.1) is 0 Å². The van der Waals surface area contributed by atoms with Crippen molar-refractivity contribution in [2.24, 2.45) is 0 Å². The second-order valence-corrected chi connectivity index (χ2v) is 15.6. The van der Waals surface area contributed by atoms with Crippen LogP contribution in [0.1, 0.15) is 22.3 Å². The smallest absolute Gasteiger partial charge is 0.160 e. The average Bonchev–Trinajstić information content (AvgIpc) is 3.86. The largest absolute Gasteiger partial charge is 0.456 e. The van der Waals surface area contributed by atoms with Gasteiger partial charge in [0.05, 0.1) is 16.8 Å². The van der Waals surface area contributed by atoms with E-state index in [1.807, 2.05) is 18.2 Å². The van der Waals surface area contributed by atoms with Crippen LogP contribution in [0.5, 0.6) is 0 Å². The van der Waals surface area contributed by atoms with E-state index in [9.17, 15) is 0 Å². The first kappa shape index (κ1) is 34.2. The van der Waals surface area contributed by atoms with Gasteiger partial charge in [0.2, 0.25) is 0 Å². The SMILES string of the molecule is c1ccc(-c2nc(-c3cccc(-c4ccc5c(c4)oc4ccc6ccccc6c45)c3)cc(-c3cccc4c3-c3ccccc3C4(c3ccccc3)c3ccccc3)n2)cc1. The van der Waals surface area contributed by atoms with Gasteiger partial charge in [-0.05, 0) is 85.6 Å². The number of hydrogen-bond acceptors (Lipinski definition) is 3. The second-order valence-electron chi connectivity index (χ2n) is 15.6. The van der Waals surface area contributed by atoms with Crippen LogP contribution in [0.25, 0.3) is 88.9 Å². The van der Waals surface area contributed by atoms with Crippen molar-refractivity contribution >= 4 is 32.7 Å². The van der Waals surface area contributed by atoms with Gasteiger partial charge in [-0.15, -0.1) is 0 Å². The fraction of sp³-hybridized carbons (Fsp3) is 0.0175. The zero-order valence-corrected chi connectivity index (χ0v) is 32.6. The lowest BCUT2D eigenvalue weighted by Crippen LogP contribution is -2.28. The van der Waals surface area contributed by atoms with E-state index in [0.717, 1.165) is 61.1 Å². The molecule has 11 aromatic rings. The molecule has 0 fully saturated rings. The Hall–Kier alpha value is -7.88. The highest BCUT2D eigenvalue weighted by molar-refractivity contribution is 6.19. The maximum atomic E-state index is 6.48. The molecule has 1 aliphatic rings. The summed E-state index contributed by atoms with van der Waals surface area (Å²) in [6.45, 7) is 0. The van der Waals surface area contributed by atoms with Crippen molar-refractivity contribution in [1.29, 1.82) is 0 Å². The monoisotopic (exact) mass is 764 g/mol. The van der Waals surface area contributed by atoms with Crippen LogP contribution < -0.4 is 0 Å². The highest BCUT2D eigenvalue weighted by Gasteiger charge is 2.46. The number of nitrogens with zero attached hydrogens (tertiary/aromatic N) is 2. The lowest BCUT2D eigenvalue weighted by Gasteiger charge is -2.33. The van der Waals surface area contributed by atoms with Gasteiger partial charge in [0.15, 0.2) is 5.82 Å². The Morgan fingerprint density at radius 1 is 0.367 bits per heavy atom. The Labute approximate surface area is 347 Å². The molecule has 0 saturated heterocycles. The summed E-state index contributed by atoms with van der Waals surface area (Å²) in [6, 6.07) is 77.9. The highest BCUT2D eigenvalue weighted by atomic mass is 16.3. The first-order chi connectivity index (χ1) is 29.7. The van der Waals surface area contributed by atoms with Crippen LogP contribution in [-0.4, -0.2) is 9.97 Å². The molecule has 0 N–H and O–H groups in total. The maximum Gasteiger partial charge on any atom is 0.160 e. The van der Waals surface area contributed by atoms with Crippen molar-refractivity contribution in [2.45, 2.75) is 5.41 Å². The molecular formula is C57H36N2O. The lowest BCUT2D eigenvalue weighted by atomic mass is 9.67. The minimum Gasteiger partial charge on any atom is -0.456 e. The average molecular weight is 765 g/mol. The maximum absolute atomic E-state index is 6.48. The second kappa shape index (κ2) is 13.6. The number of furan rings is 1. The van der Waals surface area contributed by atoms with Gasteiger partial charge < -0.3 is 4.42 Å². The van der Waals surface area contributed by atoms with Gasteiger partial charge >= 0.3 is 0 Å². The van der Waals surface area contributed by atoms with Crippen LogP contribution in [0.15, 0.2) is 223 Å². The van der Waals surface area contributed by atoms with E-state index in [2.05, 4.69) is 200 Å². The molecule has 2 heterocycles. The van der Waals surface area contributed by atoms with E-state index in [0.29, 0.717) is 5.82 Å². The number of benzene rings is 9. The Morgan fingerprint density at radius 2 is 0.983 bits per heavy atom. The highest BCUT2D eigenvalue weighted by Crippen LogP contribution is 2.58. The third-order valence-electron chi connectivity index (χ3n) is 12.4. The van der Waals surface area contributed by atoms with Crippen molar-refractivity contribution in [3.05, 3.63) is 241 Å². The van der Waals surface area contributed by atoms with E-state index < -0.39 is 5.41 Å². The summed E-state index contributed by atoms with van der Waals surface area (Å²) in [5.74, 6) is 0.686. The lowest BCUT2D eigenvalue weighted by molar-refractivity contribution is 0.669. The summed E-state index contributed by atoms with van der Waals surface area (Å²) in [7, 11) is 0. The summed E-state index contributed by atoms with van der Waals surface area (Å²) >= 11 is 0. The first-order valence-corrected chi connectivity index (χ1v) is 20.5. The minimum atomic E-state index is -0.509. The third kappa shape index (κ3) is 5.23. The van der Waals surface area contributed by atoms with Gasteiger partial charge in [-0.25, -0.2) is 9.97 Å². The molecule has 0 aliphatic heterocycles. The fourth-order valence-electron chi connectivity index (χ4n) is 9.74. The van der Waals surface area contributed by atoms with E-state index in [1.54, 1.807) is 0 Å². The summed E-state index contributed by atoms with van der Waals surface area (Å²) in [5, 5.41) is 4.69. The van der Waals surface area contributed by atoms with E-state index >= 15 is 0 Å². The number of fused-ring (bicyclic) bond motifs is 8. The standard InChI is InChI=1S/C57H36N2O/c1-4-17-38(18-5-1)56-58-50(41-20-14-19-39(34-41)40-30-32-47-53(35-40)60-52-33-31-37-16-10-11-25-44(37)55(47)52)36-51(59-56)46-27-15-29-49-54(46)45-26-12-13-28-48(45)57(49,42-21-6-2-7-22-42)43-23-8-3-9-24-43/h1-36H. The Morgan fingerprint density at radius 3 is 1.80 bits per heavy atom. The predicted molar refractivity (Wildman–Crippen MR) is 246 cm³/mol. The Balaban J connectivity index is 1.04. The molecule has 9 aromatic carbocycles. The van der Waals surface area contributed by atoms with Gasteiger partial charge in [0, 0.05) is 27.5 Å². The van der Waals surface area contributed by atoms with Gasteiger partial charge in [-0.2, -0.15) is 0 Å². The quantitative estimate of drug-likeness (QED) is 0.169. The molecule has 0 bridgehead atoms. The summed E-state index contributed by atoms with van der Waals surface area (Å²) in [5.41, 5.74) is 15.6. The normalized spacial score (nSPS) is 12.8. The van der Waals surface area contributed by atoms with Crippen LogP contribution in [0.2, 0.25) is 0 Å². The van der Waals surface area contributed by atoms with Crippen molar-refractivity contribution in [2.75, 3.05) is 0 Å². The zero-order chi connectivity index (χ0) is 39.6. The molecule has 0 unspecified atom stereocenters. The molecule has 0 spiro atoms. The van der Waals surface area contributed by atoms with Gasteiger partial charge in [-0.3, -0.25) is 0 Å². The molecule has 12 rings (SSSR count). The molecular weight excluding hydrogens is 729 g/mol. The molecule has 60 heavy (non-hydrogen) atoms. The van der Waals surface area contributed by atoms with E-state index in [4.69, 9.17) is 14.4 Å². The number of hydrogen-bond donors (Lipinski definition) is 0. The Bertz CT molecular complexity index is 3380. The molecule has 3 heteroatoms. The Kier molecular flexibility index (Phi) is 7.76. The predicted octanol–water partition coefficient (Wildman–Crippen LogP) is 14.6. The first-order valence-electron chi connectivity index (χ1n) is 20.5. The summed E-state index contributed by atoms with van der Waals surface area (Å²) in [4.78, 5) is 10.7. The van der Waals surface area contributed by atoms with Crippen LogP contribution in [-0.2, 0) is 5.41 Å². The molecule has 1 aliphatic carbocycles. The zero-order valence-electron chi connectivity index (χ0n) is 32.6. The van der Waals surface area contributed by atoms with Gasteiger partial charge in [0.25, 0.3) is 0 Å². The molecule has 0 saturated carbocycles. The number of aromatic nitrogens is 2. The van der Waals surface area contributed by atoms with E-state index in [1.165, 1.54) is 44.2 Å². The van der Waals surface area contributed by atoms with Crippen molar-refractivity contribution < 1.29 is 4.42 Å². The number of rotatable bonds is 6.